The van der Waals surface area contributed by atoms with Crippen molar-refractivity contribution < 1.29 is 18.7 Å². The Kier molecular flexibility index (Phi) is 4.25. The minimum Gasteiger partial charge on any atom is -0.459 e. The van der Waals surface area contributed by atoms with Crippen molar-refractivity contribution in [2.75, 3.05) is 19.6 Å². The number of amides is 2. The molecule has 2 heterocycles. The van der Waals surface area contributed by atoms with Crippen LogP contribution in [0.2, 0.25) is 0 Å². The highest BCUT2D eigenvalue weighted by atomic mass is 16.6. The van der Waals surface area contributed by atoms with E-state index >= 15 is 0 Å². The van der Waals surface area contributed by atoms with Crippen LogP contribution in [0.1, 0.15) is 38.2 Å². The molecule has 116 valence electrons. The number of hydrogen-bond donors (Lipinski definition) is 0. The Balaban J connectivity index is 1.96. The van der Waals surface area contributed by atoms with E-state index in [1.54, 1.807) is 21.9 Å². The van der Waals surface area contributed by atoms with Gasteiger partial charge < -0.3 is 19.0 Å². The van der Waals surface area contributed by atoms with Gasteiger partial charge in [-0.3, -0.25) is 4.79 Å². The van der Waals surface area contributed by atoms with E-state index in [0.29, 0.717) is 25.4 Å². The second-order valence-electron chi connectivity index (χ2n) is 6.25. The summed E-state index contributed by atoms with van der Waals surface area (Å²) in [6.07, 6.45) is 1.15. The molecule has 0 spiro atoms. The maximum absolute atomic E-state index is 12.3. The van der Waals surface area contributed by atoms with Crippen LogP contribution in [-0.4, -0.2) is 53.1 Å². The van der Waals surface area contributed by atoms with Gasteiger partial charge in [0.1, 0.15) is 5.60 Å². The standard InChI is InChI=1S/C15H22N2O4/c1-11-10-16(14(19)21-15(2,3)4)7-8-17(11)13(18)12-6-5-9-20-12/h5-6,9,11H,7-8,10H2,1-4H3. The van der Waals surface area contributed by atoms with Gasteiger partial charge in [-0.15, -0.1) is 0 Å². The summed E-state index contributed by atoms with van der Waals surface area (Å²) in [6, 6.07) is 3.26. The van der Waals surface area contributed by atoms with Crippen molar-refractivity contribution in [1.29, 1.82) is 0 Å². The van der Waals surface area contributed by atoms with Crippen LogP contribution in [0.25, 0.3) is 0 Å². The average Bonchev–Trinajstić information content (AvgIpc) is 2.89. The third kappa shape index (κ3) is 3.77. The van der Waals surface area contributed by atoms with Crippen LogP contribution < -0.4 is 0 Å². The first-order valence-electron chi connectivity index (χ1n) is 7.10. The van der Waals surface area contributed by atoms with Crippen molar-refractivity contribution in [2.24, 2.45) is 0 Å². The molecule has 0 radical (unpaired) electrons. The molecule has 21 heavy (non-hydrogen) atoms. The molecule has 6 nitrogen and oxygen atoms in total. The molecule has 1 saturated heterocycles. The monoisotopic (exact) mass is 294 g/mol. The fourth-order valence-electron chi connectivity index (χ4n) is 2.29. The number of furan rings is 1. The minimum atomic E-state index is -0.512. The zero-order valence-electron chi connectivity index (χ0n) is 13.0. The number of ether oxygens (including phenoxy) is 1. The summed E-state index contributed by atoms with van der Waals surface area (Å²) in [5.74, 6) is 0.184. The van der Waals surface area contributed by atoms with E-state index in [4.69, 9.17) is 9.15 Å². The Morgan fingerprint density at radius 3 is 2.57 bits per heavy atom. The first-order valence-corrected chi connectivity index (χ1v) is 7.10. The van der Waals surface area contributed by atoms with E-state index in [1.165, 1.54) is 6.26 Å². The van der Waals surface area contributed by atoms with Crippen LogP contribution >= 0.6 is 0 Å². The molecule has 0 bridgehead atoms. The Morgan fingerprint density at radius 1 is 1.33 bits per heavy atom. The fraction of sp³-hybridized carbons (Fsp3) is 0.600. The van der Waals surface area contributed by atoms with E-state index < -0.39 is 5.60 Å². The summed E-state index contributed by atoms with van der Waals surface area (Å²) in [4.78, 5) is 27.7. The third-order valence-electron chi connectivity index (χ3n) is 3.27. The summed E-state index contributed by atoms with van der Waals surface area (Å²) in [5, 5.41) is 0. The normalized spacial score (nSPS) is 19.5. The van der Waals surface area contributed by atoms with Gasteiger partial charge in [-0.2, -0.15) is 0 Å². The van der Waals surface area contributed by atoms with Gasteiger partial charge in [-0.05, 0) is 39.8 Å². The molecule has 1 aromatic heterocycles. The van der Waals surface area contributed by atoms with Crippen LogP contribution in [0.4, 0.5) is 4.79 Å². The van der Waals surface area contributed by atoms with Crippen molar-refractivity contribution in [2.45, 2.75) is 39.3 Å². The molecule has 0 N–H and O–H groups in total. The van der Waals surface area contributed by atoms with E-state index in [-0.39, 0.29) is 18.0 Å². The molecule has 1 unspecified atom stereocenters. The van der Waals surface area contributed by atoms with Gasteiger partial charge in [-0.25, -0.2) is 4.79 Å². The van der Waals surface area contributed by atoms with Crippen molar-refractivity contribution in [3.8, 4) is 0 Å². The number of nitrogens with zero attached hydrogens (tertiary/aromatic N) is 2. The van der Waals surface area contributed by atoms with Crippen LogP contribution in [0.15, 0.2) is 22.8 Å². The molecule has 2 rings (SSSR count). The quantitative estimate of drug-likeness (QED) is 0.797. The van der Waals surface area contributed by atoms with Gasteiger partial charge in [0.25, 0.3) is 5.91 Å². The molecular weight excluding hydrogens is 272 g/mol. The van der Waals surface area contributed by atoms with Crippen molar-refractivity contribution >= 4 is 12.0 Å². The van der Waals surface area contributed by atoms with E-state index in [0.717, 1.165) is 0 Å². The van der Waals surface area contributed by atoms with Crippen LogP contribution in [0.5, 0.6) is 0 Å². The summed E-state index contributed by atoms with van der Waals surface area (Å²) in [6.45, 7) is 8.82. The molecular formula is C15H22N2O4. The maximum Gasteiger partial charge on any atom is 0.410 e. The number of carbonyl (C=O) groups excluding carboxylic acids is 2. The number of hydrogen-bond acceptors (Lipinski definition) is 4. The lowest BCUT2D eigenvalue weighted by molar-refractivity contribution is 0.00560. The average molecular weight is 294 g/mol. The first kappa shape index (κ1) is 15.4. The van der Waals surface area contributed by atoms with Gasteiger partial charge in [0, 0.05) is 25.7 Å². The van der Waals surface area contributed by atoms with Gasteiger partial charge in [0.2, 0.25) is 0 Å². The summed E-state index contributed by atoms with van der Waals surface area (Å²) >= 11 is 0. The Bertz CT molecular complexity index is 504. The number of piperazine rings is 1. The van der Waals surface area contributed by atoms with Crippen molar-refractivity contribution in [3.05, 3.63) is 24.2 Å². The molecule has 1 aromatic rings. The SMILES string of the molecule is CC1CN(C(=O)OC(C)(C)C)CCN1C(=O)c1ccco1. The van der Waals surface area contributed by atoms with E-state index in [2.05, 4.69) is 0 Å². The van der Waals surface area contributed by atoms with Crippen LogP contribution in [0, 0.1) is 0 Å². The molecule has 0 aromatic carbocycles. The van der Waals surface area contributed by atoms with Gasteiger partial charge >= 0.3 is 6.09 Å². The first-order chi connectivity index (χ1) is 9.78. The van der Waals surface area contributed by atoms with Crippen LogP contribution in [-0.2, 0) is 4.74 Å². The Morgan fingerprint density at radius 2 is 2.05 bits per heavy atom. The highest BCUT2D eigenvalue weighted by molar-refractivity contribution is 5.91. The number of rotatable bonds is 1. The lowest BCUT2D eigenvalue weighted by Gasteiger charge is -2.39. The van der Waals surface area contributed by atoms with Crippen molar-refractivity contribution in [3.63, 3.8) is 0 Å². The molecule has 6 heteroatoms. The Hall–Kier alpha value is -1.98. The largest absolute Gasteiger partial charge is 0.459 e. The van der Waals surface area contributed by atoms with Crippen molar-refractivity contribution in [1.82, 2.24) is 9.80 Å². The lowest BCUT2D eigenvalue weighted by Crippen LogP contribution is -2.56. The molecule has 2 amide bonds. The van der Waals surface area contributed by atoms with Crippen LogP contribution in [0.3, 0.4) is 0 Å². The highest BCUT2D eigenvalue weighted by Gasteiger charge is 2.33. The predicted molar refractivity (Wildman–Crippen MR) is 77.0 cm³/mol. The smallest absolute Gasteiger partial charge is 0.410 e. The molecule has 1 atom stereocenters. The molecule has 1 aliphatic rings. The van der Waals surface area contributed by atoms with Gasteiger partial charge in [-0.1, -0.05) is 0 Å². The van der Waals surface area contributed by atoms with Gasteiger partial charge in [0.15, 0.2) is 5.76 Å². The summed E-state index contributed by atoms with van der Waals surface area (Å²) < 4.78 is 10.5. The Labute approximate surface area is 124 Å². The molecule has 0 saturated carbocycles. The fourth-order valence-corrected chi connectivity index (χ4v) is 2.29. The molecule has 1 fully saturated rings. The second-order valence-corrected chi connectivity index (χ2v) is 6.25. The van der Waals surface area contributed by atoms with Gasteiger partial charge in [0.05, 0.1) is 6.26 Å². The zero-order valence-corrected chi connectivity index (χ0v) is 13.0. The highest BCUT2D eigenvalue weighted by Crippen LogP contribution is 2.17. The second kappa shape index (κ2) is 5.79. The summed E-state index contributed by atoms with van der Waals surface area (Å²) in [7, 11) is 0. The lowest BCUT2D eigenvalue weighted by atomic mass is 10.1. The summed E-state index contributed by atoms with van der Waals surface area (Å²) in [5.41, 5.74) is -0.512. The third-order valence-corrected chi connectivity index (χ3v) is 3.27. The topological polar surface area (TPSA) is 63.0 Å². The zero-order chi connectivity index (χ0) is 15.6. The molecule has 0 aliphatic carbocycles. The number of carbonyl (C=O) groups is 2. The van der Waals surface area contributed by atoms with E-state index in [9.17, 15) is 9.59 Å². The minimum absolute atomic E-state index is 0.0798. The maximum atomic E-state index is 12.3. The van der Waals surface area contributed by atoms with E-state index in [1.807, 2.05) is 27.7 Å². The molecule has 1 aliphatic heterocycles. The predicted octanol–water partition coefficient (Wildman–Crippen LogP) is 2.36.